The summed E-state index contributed by atoms with van der Waals surface area (Å²) in [7, 11) is 0. The van der Waals surface area contributed by atoms with Crippen molar-refractivity contribution >= 4 is 12.1 Å². The van der Waals surface area contributed by atoms with Crippen LogP contribution in [0.15, 0.2) is 0 Å². The van der Waals surface area contributed by atoms with Gasteiger partial charge in [0, 0.05) is 12.3 Å². The Labute approximate surface area is 189 Å². The Bertz CT molecular complexity index is 364. The van der Waals surface area contributed by atoms with Crippen LogP contribution in [0.5, 0.6) is 0 Å². The molecule has 0 N–H and O–H groups in total. The van der Waals surface area contributed by atoms with Crippen molar-refractivity contribution in [1.29, 1.82) is 0 Å². The first kappa shape index (κ1) is 29.3. The minimum Gasteiger partial charge on any atom is -0.303 e. The maximum absolute atomic E-state index is 12.1. The van der Waals surface area contributed by atoms with Crippen LogP contribution >= 0.6 is 0 Å². The Morgan fingerprint density at radius 1 is 0.600 bits per heavy atom. The molecule has 0 aromatic heterocycles. The van der Waals surface area contributed by atoms with Crippen LogP contribution < -0.4 is 0 Å². The summed E-state index contributed by atoms with van der Waals surface area (Å²) in [6.45, 7) is 4.51. The van der Waals surface area contributed by atoms with Gasteiger partial charge in [0.1, 0.15) is 12.1 Å². The van der Waals surface area contributed by atoms with Crippen LogP contribution in [0.25, 0.3) is 0 Å². The van der Waals surface area contributed by atoms with Gasteiger partial charge in [-0.05, 0) is 12.8 Å². The van der Waals surface area contributed by atoms with Gasteiger partial charge in [-0.15, -0.1) is 0 Å². The van der Waals surface area contributed by atoms with Gasteiger partial charge in [-0.25, -0.2) is 0 Å². The van der Waals surface area contributed by atoms with Crippen LogP contribution in [-0.4, -0.2) is 12.1 Å². The molecule has 0 amide bonds. The molecule has 0 bridgehead atoms. The summed E-state index contributed by atoms with van der Waals surface area (Å²) in [5.41, 5.74) is 0. The fourth-order valence-corrected chi connectivity index (χ4v) is 4.08. The van der Waals surface area contributed by atoms with Crippen molar-refractivity contribution in [2.45, 2.75) is 155 Å². The van der Waals surface area contributed by atoms with Crippen molar-refractivity contribution in [2.75, 3.05) is 0 Å². The molecule has 0 aliphatic heterocycles. The van der Waals surface area contributed by atoms with Crippen molar-refractivity contribution in [3.63, 3.8) is 0 Å². The molecule has 0 aliphatic rings. The number of carbonyl (C=O) groups is 2. The summed E-state index contributed by atoms with van der Waals surface area (Å²) in [4.78, 5) is 23.3. The first-order valence-corrected chi connectivity index (χ1v) is 13.5. The highest BCUT2D eigenvalue weighted by atomic mass is 16.1. The van der Waals surface area contributed by atoms with Gasteiger partial charge in [-0.3, -0.25) is 4.79 Å². The molecule has 0 saturated carbocycles. The molecule has 0 aromatic rings. The van der Waals surface area contributed by atoms with Crippen LogP contribution in [-0.2, 0) is 9.59 Å². The number of hydrogen-bond acceptors (Lipinski definition) is 2. The van der Waals surface area contributed by atoms with Crippen LogP contribution in [0, 0.1) is 12.3 Å². The lowest BCUT2D eigenvalue weighted by atomic mass is 9.94. The lowest BCUT2D eigenvalue weighted by Crippen LogP contribution is -2.11. The highest BCUT2D eigenvalue weighted by molar-refractivity contribution is 5.89. The SMILES string of the molecule is CCCCCCCCCCCCC(=O)[C]C(C=O)CCCCCCCCCCCC. The van der Waals surface area contributed by atoms with E-state index in [-0.39, 0.29) is 11.7 Å². The first-order chi connectivity index (χ1) is 14.7. The van der Waals surface area contributed by atoms with E-state index in [0.29, 0.717) is 6.42 Å². The Morgan fingerprint density at radius 2 is 0.967 bits per heavy atom. The fourth-order valence-electron chi connectivity index (χ4n) is 4.08. The maximum Gasteiger partial charge on any atom is 0.141 e. The number of Topliss-reactive ketones (excluding diaryl/α,β-unsaturated/α-hetero) is 1. The standard InChI is InChI=1S/C28H52O2/c1-3-5-7-9-11-13-15-17-19-21-23-27(26-29)25-28(30)24-22-20-18-16-14-12-10-8-6-4-2/h26-27H,3-24H2,1-2H3. The number of unbranched alkanes of at least 4 members (excludes halogenated alkanes) is 18. The summed E-state index contributed by atoms with van der Waals surface area (Å²) < 4.78 is 0. The minimum atomic E-state index is -0.283. The Hall–Kier alpha value is -0.660. The highest BCUT2D eigenvalue weighted by Gasteiger charge is 2.13. The van der Waals surface area contributed by atoms with Crippen molar-refractivity contribution in [3.8, 4) is 0 Å². The molecule has 0 spiro atoms. The van der Waals surface area contributed by atoms with E-state index in [1.165, 1.54) is 109 Å². The second-order valence-electron chi connectivity index (χ2n) is 9.21. The number of carbonyl (C=O) groups excluding carboxylic acids is 2. The third-order valence-electron chi connectivity index (χ3n) is 6.14. The highest BCUT2D eigenvalue weighted by Crippen LogP contribution is 2.17. The van der Waals surface area contributed by atoms with Gasteiger partial charge in [0.25, 0.3) is 0 Å². The second-order valence-corrected chi connectivity index (χ2v) is 9.21. The zero-order valence-corrected chi connectivity index (χ0v) is 20.5. The second kappa shape index (κ2) is 24.6. The van der Waals surface area contributed by atoms with E-state index in [1.807, 2.05) is 0 Å². The van der Waals surface area contributed by atoms with Gasteiger partial charge in [0.2, 0.25) is 0 Å². The van der Waals surface area contributed by atoms with E-state index in [4.69, 9.17) is 0 Å². The Balaban J connectivity index is 3.46. The molecule has 176 valence electrons. The Morgan fingerprint density at radius 3 is 1.37 bits per heavy atom. The van der Waals surface area contributed by atoms with Gasteiger partial charge >= 0.3 is 0 Å². The zero-order chi connectivity index (χ0) is 22.1. The molecular formula is C28H52O2. The lowest BCUT2D eigenvalue weighted by molar-refractivity contribution is -0.119. The monoisotopic (exact) mass is 420 g/mol. The van der Waals surface area contributed by atoms with Gasteiger partial charge < -0.3 is 4.79 Å². The first-order valence-electron chi connectivity index (χ1n) is 13.5. The molecule has 2 nitrogen and oxygen atoms in total. The van der Waals surface area contributed by atoms with Crippen molar-refractivity contribution in [2.24, 2.45) is 5.92 Å². The van der Waals surface area contributed by atoms with Crippen LogP contribution in [0.2, 0.25) is 0 Å². The van der Waals surface area contributed by atoms with E-state index in [9.17, 15) is 9.59 Å². The van der Waals surface area contributed by atoms with Gasteiger partial charge in [0.15, 0.2) is 0 Å². The van der Waals surface area contributed by atoms with Gasteiger partial charge in [0.05, 0.1) is 6.42 Å². The van der Waals surface area contributed by atoms with E-state index in [1.54, 1.807) is 0 Å². The van der Waals surface area contributed by atoms with Gasteiger partial charge in [-0.1, -0.05) is 136 Å². The molecule has 1 atom stereocenters. The fraction of sp³-hybridized carbons (Fsp3) is 0.893. The number of ketones is 1. The van der Waals surface area contributed by atoms with Crippen LogP contribution in [0.4, 0.5) is 0 Å². The summed E-state index contributed by atoms with van der Waals surface area (Å²) in [6.07, 6.45) is 30.9. The molecule has 0 fully saturated rings. The molecule has 0 saturated heterocycles. The predicted molar refractivity (Wildman–Crippen MR) is 131 cm³/mol. The smallest absolute Gasteiger partial charge is 0.141 e. The average Bonchev–Trinajstić information content (AvgIpc) is 2.75. The van der Waals surface area contributed by atoms with E-state index in [2.05, 4.69) is 20.3 Å². The van der Waals surface area contributed by atoms with Crippen LogP contribution in [0.3, 0.4) is 0 Å². The third-order valence-corrected chi connectivity index (χ3v) is 6.14. The van der Waals surface area contributed by atoms with E-state index in [0.717, 1.165) is 32.0 Å². The summed E-state index contributed by atoms with van der Waals surface area (Å²) >= 11 is 0. The lowest BCUT2D eigenvalue weighted by Gasteiger charge is -2.09. The topological polar surface area (TPSA) is 34.1 Å². The molecule has 1 unspecified atom stereocenters. The van der Waals surface area contributed by atoms with Crippen LogP contribution in [0.1, 0.15) is 155 Å². The van der Waals surface area contributed by atoms with Crippen molar-refractivity contribution in [3.05, 3.63) is 6.42 Å². The minimum absolute atomic E-state index is 0.0544. The summed E-state index contributed by atoms with van der Waals surface area (Å²) in [5, 5.41) is 0. The molecular weight excluding hydrogens is 368 g/mol. The summed E-state index contributed by atoms with van der Waals surface area (Å²) in [6, 6.07) is 0. The molecule has 0 aliphatic carbocycles. The Kier molecular flexibility index (Phi) is 24.1. The molecule has 30 heavy (non-hydrogen) atoms. The van der Waals surface area contributed by atoms with E-state index < -0.39 is 0 Å². The maximum atomic E-state index is 12.1. The predicted octanol–water partition coefficient (Wildman–Crippen LogP) is 9.07. The molecule has 0 aromatic carbocycles. The molecule has 2 radical (unpaired) electrons. The summed E-state index contributed by atoms with van der Waals surface area (Å²) in [5.74, 6) is -0.228. The normalized spacial score (nSPS) is 12.2. The average molecular weight is 421 g/mol. The van der Waals surface area contributed by atoms with Crippen molar-refractivity contribution < 1.29 is 9.59 Å². The largest absolute Gasteiger partial charge is 0.303 e. The molecule has 2 heteroatoms. The number of aldehydes is 1. The molecule has 0 rings (SSSR count). The van der Waals surface area contributed by atoms with Gasteiger partial charge in [-0.2, -0.15) is 0 Å². The quantitative estimate of drug-likeness (QED) is 0.109. The van der Waals surface area contributed by atoms with Crippen molar-refractivity contribution in [1.82, 2.24) is 0 Å². The zero-order valence-electron chi connectivity index (χ0n) is 20.5. The van der Waals surface area contributed by atoms with E-state index >= 15 is 0 Å². The number of rotatable bonds is 25. The number of hydrogen-bond donors (Lipinski definition) is 0. The third kappa shape index (κ3) is 22.0. The molecule has 0 heterocycles.